The van der Waals surface area contributed by atoms with Crippen LogP contribution in [0.15, 0.2) is 0 Å². The molecule has 0 aromatic rings. The lowest BCUT2D eigenvalue weighted by molar-refractivity contribution is -0.125. The maximum atomic E-state index is 11.8. The van der Waals surface area contributed by atoms with E-state index in [9.17, 15) is 4.79 Å². The first-order valence-corrected chi connectivity index (χ1v) is 6.70. The first kappa shape index (κ1) is 15.6. The molecule has 0 aromatic carbocycles. The first-order chi connectivity index (χ1) is 7.56. The van der Waals surface area contributed by atoms with E-state index in [0.29, 0.717) is 18.1 Å². The minimum atomic E-state index is 0.174. The largest absolute Gasteiger partial charge is 0.378 e. The number of ketones is 1. The summed E-state index contributed by atoms with van der Waals surface area (Å²) in [6.45, 7) is 11.1. The summed E-state index contributed by atoms with van der Waals surface area (Å²) in [6, 6.07) is 0. The second-order valence-corrected chi connectivity index (χ2v) is 4.77. The van der Waals surface area contributed by atoms with Gasteiger partial charge >= 0.3 is 0 Å². The molecule has 0 N–H and O–H groups in total. The van der Waals surface area contributed by atoms with Crippen molar-refractivity contribution < 1.29 is 9.53 Å². The van der Waals surface area contributed by atoms with Gasteiger partial charge in [0.2, 0.25) is 0 Å². The molecule has 0 heterocycles. The van der Waals surface area contributed by atoms with Crippen LogP contribution in [0.3, 0.4) is 0 Å². The van der Waals surface area contributed by atoms with Crippen LogP contribution in [0.25, 0.3) is 0 Å². The highest BCUT2D eigenvalue weighted by Crippen LogP contribution is 2.23. The molecule has 0 saturated carbocycles. The Morgan fingerprint density at radius 3 is 2.19 bits per heavy atom. The predicted molar refractivity (Wildman–Crippen MR) is 68.6 cm³/mol. The zero-order valence-electron chi connectivity index (χ0n) is 11.6. The minimum absolute atomic E-state index is 0.174. The maximum Gasteiger partial charge on any atom is 0.136 e. The van der Waals surface area contributed by atoms with E-state index < -0.39 is 0 Å². The van der Waals surface area contributed by atoms with Gasteiger partial charge in [-0.2, -0.15) is 0 Å². The number of ether oxygens (including phenoxy) is 1. The number of Topliss-reactive ketones (excluding diaryl/α,β-unsaturated/α-hetero) is 1. The van der Waals surface area contributed by atoms with E-state index in [1.807, 2.05) is 13.8 Å². The van der Waals surface area contributed by atoms with Crippen molar-refractivity contribution in [1.29, 1.82) is 0 Å². The highest BCUT2D eigenvalue weighted by Gasteiger charge is 2.24. The molecular weight excluding hydrogens is 200 g/mol. The van der Waals surface area contributed by atoms with E-state index in [2.05, 4.69) is 20.8 Å². The Balaban J connectivity index is 4.38. The SMILES string of the molecule is CCCC(CC(C(=O)CC)C(C)C)OCC. The Kier molecular flexibility index (Phi) is 8.54. The average molecular weight is 228 g/mol. The standard InChI is InChI=1S/C14H28O2/c1-6-9-12(16-8-3)10-13(11(4)5)14(15)7-2/h11-13H,6-10H2,1-5H3. The van der Waals surface area contributed by atoms with Gasteiger partial charge in [-0.25, -0.2) is 0 Å². The lowest BCUT2D eigenvalue weighted by Gasteiger charge is -2.25. The molecule has 2 unspecified atom stereocenters. The summed E-state index contributed by atoms with van der Waals surface area (Å²) in [4.78, 5) is 11.8. The van der Waals surface area contributed by atoms with Crippen molar-refractivity contribution in [3.63, 3.8) is 0 Å². The van der Waals surface area contributed by atoms with E-state index in [1.165, 1.54) is 0 Å². The molecule has 0 amide bonds. The predicted octanol–water partition coefficient (Wildman–Crippen LogP) is 3.83. The second kappa shape index (κ2) is 8.74. The third-order valence-corrected chi connectivity index (χ3v) is 3.10. The lowest BCUT2D eigenvalue weighted by atomic mass is 9.84. The van der Waals surface area contributed by atoms with Gasteiger partial charge < -0.3 is 4.74 Å². The molecule has 0 rings (SSSR count). The molecule has 2 nitrogen and oxygen atoms in total. The van der Waals surface area contributed by atoms with Gasteiger partial charge in [-0.15, -0.1) is 0 Å². The fraction of sp³-hybridized carbons (Fsp3) is 0.929. The van der Waals surface area contributed by atoms with Gasteiger partial charge in [-0.3, -0.25) is 4.79 Å². The van der Waals surface area contributed by atoms with Crippen molar-refractivity contribution in [2.75, 3.05) is 6.61 Å². The van der Waals surface area contributed by atoms with Crippen LogP contribution < -0.4 is 0 Å². The Hall–Kier alpha value is -0.370. The number of hydrogen-bond donors (Lipinski definition) is 0. The van der Waals surface area contributed by atoms with Crippen molar-refractivity contribution in [3.05, 3.63) is 0 Å². The number of rotatable bonds is 9. The van der Waals surface area contributed by atoms with Gasteiger partial charge in [0.25, 0.3) is 0 Å². The molecule has 0 saturated heterocycles. The third kappa shape index (κ3) is 5.64. The van der Waals surface area contributed by atoms with Gasteiger partial charge in [-0.1, -0.05) is 34.1 Å². The Bertz CT molecular complexity index is 181. The molecule has 0 fully saturated rings. The van der Waals surface area contributed by atoms with E-state index in [1.54, 1.807) is 0 Å². The van der Waals surface area contributed by atoms with Crippen LogP contribution >= 0.6 is 0 Å². The molecular formula is C14H28O2. The van der Waals surface area contributed by atoms with Crippen molar-refractivity contribution >= 4 is 5.78 Å². The smallest absolute Gasteiger partial charge is 0.136 e. The molecule has 2 atom stereocenters. The summed E-state index contributed by atoms with van der Waals surface area (Å²) in [6.07, 6.45) is 3.99. The minimum Gasteiger partial charge on any atom is -0.378 e. The summed E-state index contributed by atoms with van der Waals surface area (Å²) in [5.74, 6) is 0.983. The second-order valence-electron chi connectivity index (χ2n) is 4.77. The Morgan fingerprint density at radius 1 is 1.19 bits per heavy atom. The number of carbonyl (C=O) groups excluding carboxylic acids is 1. The van der Waals surface area contributed by atoms with Crippen LogP contribution in [0.2, 0.25) is 0 Å². The Morgan fingerprint density at radius 2 is 1.81 bits per heavy atom. The van der Waals surface area contributed by atoms with E-state index in [-0.39, 0.29) is 12.0 Å². The molecule has 0 aromatic heterocycles. The van der Waals surface area contributed by atoms with Gasteiger partial charge in [0.05, 0.1) is 6.10 Å². The van der Waals surface area contributed by atoms with E-state index >= 15 is 0 Å². The number of hydrogen-bond acceptors (Lipinski definition) is 2. The monoisotopic (exact) mass is 228 g/mol. The van der Waals surface area contributed by atoms with Crippen LogP contribution in [0.1, 0.15) is 60.3 Å². The van der Waals surface area contributed by atoms with E-state index in [0.717, 1.165) is 25.9 Å². The summed E-state index contributed by atoms with van der Waals surface area (Å²) in [5.41, 5.74) is 0. The quantitative estimate of drug-likeness (QED) is 0.599. The van der Waals surface area contributed by atoms with Crippen LogP contribution in [0, 0.1) is 11.8 Å². The Labute approximate surface area is 101 Å². The molecule has 16 heavy (non-hydrogen) atoms. The molecule has 0 spiro atoms. The highest BCUT2D eigenvalue weighted by atomic mass is 16.5. The lowest BCUT2D eigenvalue weighted by Crippen LogP contribution is -2.26. The molecule has 0 aliphatic rings. The van der Waals surface area contributed by atoms with Crippen LogP contribution in [-0.2, 0) is 9.53 Å². The molecule has 2 heteroatoms. The average Bonchev–Trinajstić information content (AvgIpc) is 2.24. The van der Waals surface area contributed by atoms with Crippen molar-refractivity contribution in [2.45, 2.75) is 66.4 Å². The molecule has 96 valence electrons. The topological polar surface area (TPSA) is 26.3 Å². The van der Waals surface area contributed by atoms with Gasteiger partial charge in [-0.05, 0) is 25.7 Å². The first-order valence-electron chi connectivity index (χ1n) is 6.70. The summed E-state index contributed by atoms with van der Waals surface area (Å²) in [7, 11) is 0. The third-order valence-electron chi connectivity index (χ3n) is 3.10. The molecule has 0 aliphatic heterocycles. The summed E-state index contributed by atoms with van der Waals surface area (Å²) < 4.78 is 5.71. The summed E-state index contributed by atoms with van der Waals surface area (Å²) in [5, 5.41) is 0. The fourth-order valence-corrected chi connectivity index (χ4v) is 2.15. The van der Waals surface area contributed by atoms with Gasteiger partial charge in [0.1, 0.15) is 5.78 Å². The van der Waals surface area contributed by atoms with Gasteiger partial charge in [0, 0.05) is 18.9 Å². The zero-order valence-corrected chi connectivity index (χ0v) is 11.6. The fourth-order valence-electron chi connectivity index (χ4n) is 2.15. The summed E-state index contributed by atoms with van der Waals surface area (Å²) >= 11 is 0. The van der Waals surface area contributed by atoms with Crippen LogP contribution in [-0.4, -0.2) is 18.5 Å². The van der Waals surface area contributed by atoms with Crippen molar-refractivity contribution in [3.8, 4) is 0 Å². The number of carbonyl (C=O) groups is 1. The molecule has 0 bridgehead atoms. The van der Waals surface area contributed by atoms with Crippen LogP contribution in [0.4, 0.5) is 0 Å². The normalized spacial score (nSPS) is 15.1. The zero-order chi connectivity index (χ0) is 12.6. The highest BCUT2D eigenvalue weighted by molar-refractivity contribution is 5.80. The molecule has 0 aliphatic carbocycles. The van der Waals surface area contributed by atoms with Crippen molar-refractivity contribution in [1.82, 2.24) is 0 Å². The maximum absolute atomic E-state index is 11.8. The molecule has 0 radical (unpaired) electrons. The van der Waals surface area contributed by atoms with E-state index in [4.69, 9.17) is 4.74 Å². The van der Waals surface area contributed by atoms with Gasteiger partial charge in [0.15, 0.2) is 0 Å². The van der Waals surface area contributed by atoms with Crippen molar-refractivity contribution in [2.24, 2.45) is 11.8 Å². The van der Waals surface area contributed by atoms with Crippen LogP contribution in [0.5, 0.6) is 0 Å².